The van der Waals surface area contributed by atoms with Crippen molar-refractivity contribution in [1.29, 1.82) is 0 Å². The van der Waals surface area contributed by atoms with Gasteiger partial charge in [0.1, 0.15) is 10.4 Å². The molecule has 0 saturated carbocycles. The highest BCUT2D eigenvalue weighted by atomic mass is 32.2. The molecule has 0 spiro atoms. The van der Waals surface area contributed by atoms with E-state index in [1.165, 1.54) is 18.5 Å². The SMILES string of the molecule is CCOC(=O)c1cc2cnccc2n1S(=O)(=O)C1(C)C=CC=CC1. The third kappa shape index (κ3) is 2.45. The molecule has 2 aromatic heterocycles. The van der Waals surface area contributed by atoms with Crippen LogP contribution in [0.1, 0.15) is 30.8 Å². The van der Waals surface area contributed by atoms with Gasteiger partial charge in [0.2, 0.25) is 10.0 Å². The predicted octanol–water partition coefficient (Wildman–Crippen LogP) is 2.67. The van der Waals surface area contributed by atoms with Crippen molar-refractivity contribution in [2.24, 2.45) is 0 Å². The van der Waals surface area contributed by atoms with Crippen LogP contribution in [0.5, 0.6) is 0 Å². The lowest BCUT2D eigenvalue weighted by molar-refractivity contribution is 0.0518. The standard InChI is InChI=1S/C17H18N2O4S/c1-3-23-16(20)15-11-13-12-18-10-7-14(13)19(15)24(21,22)17(2)8-5-4-6-9-17/h4-8,10-12H,3,9H2,1-2H3. The third-order valence-electron chi connectivity index (χ3n) is 4.09. The Hall–Kier alpha value is -2.41. The number of allylic oxidation sites excluding steroid dienone is 3. The summed E-state index contributed by atoms with van der Waals surface area (Å²) in [5.41, 5.74) is 0.404. The van der Waals surface area contributed by atoms with Crippen LogP contribution in [0.25, 0.3) is 10.9 Å². The minimum absolute atomic E-state index is 0.0102. The van der Waals surface area contributed by atoms with E-state index in [1.807, 2.05) is 0 Å². The Morgan fingerprint density at radius 1 is 1.42 bits per heavy atom. The Bertz CT molecular complexity index is 956. The average Bonchev–Trinajstić information content (AvgIpc) is 2.96. The van der Waals surface area contributed by atoms with Gasteiger partial charge in [-0.15, -0.1) is 0 Å². The molecule has 24 heavy (non-hydrogen) atoms. The molecule has 0 radical (unpaired) electrons. The zero-order valence-electron chi connectivity index (χ0n) is 13.5. The summed E-state index contributed by atoms with van der Waals surface area (Å²) in [6, 6.07) is 3.09. The molecule has 1 aliphatic carbocycles. The van der Waals surface area contributed by atoms with Crippen LogP contribution in [0.4, 0.5) is 0 Å². The molecule has 126 valence electrons. The first-order chi connectivity index (χ1) is 11.4. The van der Waals surface area contributed by atoms with Gasteiger partial charge >= 0.3 is 5.97 Å². The summed E-state index contributed by atoms with van der Waals surface area (Å²) in [6.45, 7) is 3.49. The largest absolute Gasteiger partial charge is 0.461 e. The highest BCUT2D eigenvalue weighted by molar-refractivity contribution is 7.91. The highest BCUT2D eigenvalue weighted by Gasteiger charge is 2.41. The number of pyridine rings is 1. The zero-order valence-corrected chi connectivity index (χ0v) is 14.3. The number of aromatic nitrogens is 2. The number of rotatable bonds is 4. The number of hydrogen-bond donors (Lipinski definition) is 0. The number of nitrogens with zero attached hydrogens (tertiary/aromatic N) is 2. The Balaban J connectivity index is 2.28. The lowest BCUT2D eigenvalue weighted by atomic mass is 10.0. The summed E-state index contributed by atoms with van der Waals surface area (Å²) < 4.78 is 31.7. The van der Waals surface area contributed by atoms with Crippen LogP contribution in [0, 0.1) is 0 Å². The first kappa shape index (κ1) is 16.4. The molecule has 3 rings (SSSR count). The van der Waals surface area contributed by atoms with Crippen LogP contribution in [0.2, 0.25) is 0 Å². The van der Waals surface area contributed by atoms with Crippen LogP contribution < -0.4 is 0 Å². The van der Waals surface area contributed by atoms with Crippen LogP contribution in [0.3, 0.4) is 0 Å². The molecule has 1 unspecified atom stereocenters. The van der Waals surface area contributed by atoms with Gasteiger partial charge in [0, 0.05) is 17.8 Å². The maximum atomic E-state index is 13.4. The second-order valence-electron chi connectivity index (χ2n) is 5.76. The molecule has 6 nitrogen and oxygen atoms in total. The van der Waals surface area contributed by atoms with Crippen molar-refractivity contribution in [1.82, 2.24) is 8.96 Å². The minimum atomic E-state index is -3.89. The summed E-state index contributed by atoms with van der Waals surface area (Å²) in [5.74, 6) is -0.670. The second-order valence-corrected chi connectivity index (χ2v) is 8.01. The molecule has 7 heteroatoms. The van der Waals surface area contributed by atoms with Gasteiger partial charge < -0.3 is 4.74 Å². The molecule has 2 heterocycles. The van der Waals surface area contributed by atoms with Crippen molar-refractivity contribution >= 4 is 26.9 Å². The van der Waals surface area contributed by atoms with Crippen molar-refractivity contribution in [2.45, 2.75) is 25.0 Å². The topological polar surface area (TPSA) is 78.3 Å². The quantitative estimate of drug-likeness (QED) is 0.795. The van der Waals surface area contributed by atoms with E-state index < -0.39 is 20.7 Å². The van der Waals surface area contributed by atoms with Crippen LogP contribution >= 0.6 is 0 Å². The van der Waals surface area contributed by atoms with E-state index in [-0.39, 0.29) is 12.3 Å². The van der Waals surface area contributed by atoms with Crippen LogP contribution in [0.15, 0.2) is 48.8 Å². The Morgan fingerprint density at radius 2 is 2.21 bits per heavy atom. The fourth-order valence-corrected chi connectivity index (χ4v) is 4.53. The zero-order chi connectivity index (χ0) is 17.4. The van der Waals surface area contributed by atoms with E-state index >= 15 is 0 Å². The number of esters is 1. The summed E-state index contributed by atoms with van der Waals surface area (Å²) in [5, 5.41) is 0.572. The van der Waals surface area contributed by atoms with Crippen molar-refractivity contribution in [3.63, 3.8) is 0 Å². The normalized spacial score (nSPS) is 20.4. The van der Waals surface area contributed by atoms with Crippen molar-refractivity contribution in [3.8, 4) is 0 Å². The molecule has 0 bridgehead atoms. The third-order valence-corrected chi connectivity index (χ3v) is 6.45. The van der Waals surface area contributed by atoms with Gasteiger partial charge in [-0.1, -0.05) is 24.3 Å². The first-order valence-corrected chi connectivity index (χ1v) is 9.07. The summed E-state index contributed by atoms with van der Waals surface area (Å²) >= 11 is 0. The van der Waals surface area contributed by atoms with Crippen molar-refractivity contribution in [2.75, 3.05) is 6.61 Å². The smallest absolute Gasteiger partial charge is 0.356 e. The second kappa shape index (κ2) is 5.90. The van der Waals surface area contributed by atoms with Crippen LogP contribution in [-0.4, -0.2) is 34.7 Å². The maximum absolute atomic E-state index is 13.4. The maximum Gasteiger partial charge on any atom is 0.356 e. The number of ether oxygens (including phenoxy) is 1. The summed E-state index contributed by atoms with van der Waals surface area (Å²) in [4.78, 5) is 16.3. The Morgan fingerprint density at radius 3 is 2.88 bits per heavy atom. The molecular formula is C17H18N2O4S. The molecule has 0 fully saturated rings. The Kier molecular flexibility index (Phi) is 4.04. The van der Waals surface area contributed by atoms with Gasteiger partial charge in [0.05, 0.1) is 12.1 Å². The average molecular weight is 346 g/mol. The van der Waals surface area contributed by atoms with Gasteiger partial charge in [-0.3, -0.25) is 4.98 Å². The minimum Gasteiger partial charge on any atom is -0.461 e. The van der Waals surface area contributed by atoms with Gasteiger partial charge in [-0.25, -0.2) is 17.2 Å². The molecule has 0 saturated heterocycles. The molecule has 0 amide bonds. The van der Waals surface area contributed by atoms with Gasteiger partial charge in [-0.05, 0) is 32.4 Å². The monoisotopic (exact) mass is 346 g/mol. The molecule has 0 aromatic carbocycles. The van der Waals surface area contributed by atoms with E-state index in [2.05, 4.69) is 4.98 Å². The van der Waals surface area contributed by atoms with E-state index in [1.54, 1.807) is 44.2 Å². The number of carbonyl (C=O) groups is 1. The number of hydrogen-bond acceptors (Lipinski definition) is 5. The summed E-state index contributed by atoms with van der Waals surface area (Å²) in [7, 11) is -3.89. The molecule has 1 aliphatic rings. The van der Waals surface area contributed by atoms with Crippen molar-refractivity contribution in [3.05, 3.63) is 54.5 Å². The summed E-state index contributed by atoms with van der Waals surface area (Å²) in [6.07, 6.45) is 10.3. The molecule has 0 aliphatic heterocycles. The number of carbonyl (C=O) groups excluding carboxylic acids is 1. The molecule has 1 atom stereocenters. The molecule has 2 aromatic rings. The number of fused-ring (bicyclic) bond motifs is 1. The van der Waals surface area contributed by atoms with E-state index in [9.17, 15) is 13.2 Å². The molecular weight excluding hydrogens is 328 g/mol. The molecule has 0 N–H and O–H groups in total. The van der Waals surface area contributed by atoms with Crippen molar-refractivity contribution < 1.29 is 17.9 Å². The fourth-order valence-electron chi connectivity index (χ4n) is 2.74. The van der Waals surface area contributed by atoms with E-state index in [0.717, 1.165) is 3.97 Å². The van der Waals surface area contributed by atoms with Crippen LogP contribution in [-0.2, 0) is 14.8 Å². The van der Waals surface area contributed by atoms with Gasteiger partial charge in [0.25, 0.3) is 0 Å². The highest BCUT2D eigenvalue weighted by Crippen LogP contribution is 2.33. The predicted molar refractivity (Wildman–Crippen MR) is 91.3 cm³/mol. The lowest BCUT2D eigenvalue weighted by Crippen LogP contribution is -2.39. The van der Waals surface area contributed by atoms with Gasteiger partial charge in [0.15, 0.2) is 0 Å². The van der Waals surface area contributed by atoms with E-state index in [0.29, 0.717) is 17.3 Å². The Labute approximate surface area is 140 Å². The van der Waals surface area contributed by atoms with E-state index in [4.69, 9.17) is 4.74 Å². The fraction of sp³-hybridized carbons (Fsp3) is 0.294. The first-order valence-electron chi connectivity index (χ1n) is 7.63. The lowest BCUT2D eigenvalue weighted by Gasteiger charge is -2.28. The van der Waals surface area contributed by atoms with Gasteiger partial charge in [-0.2, -0.15) is 0 Å².